The molecule has 1 saturated heterocycles. The Kier molecular flexibility index (Phi) is 8.53. The number of nitrogens with one attached hydrogen (secondary N) is 1. The normalized spacial score (nSPS) is 14.9. The van der Waals surface area contributed by atoms with Crippen LogP contribution in [0.2, 0.25) is 0 Å². The Balaban J connectivity index is 1.56. The Morgan fingerprint density at radius 3 is 2.23 bits per heavy atom. The van der Waals surface area contributed by atoms with Crippen LogP contribution in [-0.4, -0.2) is 72.4 Å². The lowest BCUT2D eigenvalue weighted by atomic mass is 10.1. The van der Waals surface area contributed by atoms with Gasteiger partial charge in [0, 0.05) is 39.3 Å². The summed E-state index contributed by atoms with van der Waals surface area (Å²) in [6, 6.07) is 12.2. The minimum Gasteiger partial charge on any atom is -0.459 e. The van der Waals surface area contributed by atoms with Crippen molar-refractivity contribution >= 4 is 11.9 Å². The Morgan fingerprint density at radius 2 is 1.65 bits per heavy atom. The first-order chi connectivity index (χ1) is 15.1. The molecule has 0 saturated carbocycles. The van der Waals surface area contributed by atoms with Gasteiger partial charge in [0.25, 0.3) is 5.91 Å². The topological polar surface area (TPSA) is 64.3 Å². The largest absolute Gasteiger partial charge is 0.459 e. The van der Waals surface area contributed by atoms with Crippen LogP contribution in [0.1, 0.15) is 42.5 Å². The molecule has 1 aromatic carbocycles. The molecule has 1 fully saturated rings. The summed E-state index contributed by atoms with van der Waals surface area (Å²) in [6.07, 6.45) is 1.54. The van der Waals surface area contributed by atoms with Crippen molar-refractivity contribution in [3.8, 4) is 0 Å². The van der Waals surface area contributed by atoms with Gasteiger partial charge in [-0.15, -0.1) is 0 Å². The molecule has 0 aliphatic carbocycles. The standard InChI is InChI=1S/C24H35N5O2/c1-4-25-24(26-18-20-9-11-21(12-10-20)19-27(5-2)6-3)29-15-13-28(14-16-29)23(30)22-8-7-17-31-22/h7-12,17H,4-6,13-16,18-19H2,1-3H3,(H,25,26). The van der Waals surface area contributed by atoms with Gasteiger partial charge >= 0.3 is 0 Å². The van der Waals surface area contributed by atoms with E-state index in [0.29, 0.717) is 25.4 Å². The molecule has 7 nitrogen and oxygen atoms in total. The number of hydrogen-bond donors (Lipinski definition) is 1. The zero-order valence-electron chi connectivity index (χ0n) is 19.0. The fourth-order valence-electron chi connectivity index (χ4n) is 3.72. The van der Waals surface area contributed by atoms with Crippen LogP contribution >= 0.6 is 0 Å². The molecule has 1 aliphatic rings. The van der Waals surface area contributed by atoms with Crippen molar-refractivity contribution < 1.29 is 9.21 Å². The number of amides is 1. The van der Waals surface area contributed by atoms with Crippen LogP contribution in [0.3, 0.4) is 0 Å². The van der Waals surface area contributed by atoms with Gasteiger partial charge in [0.1, 0.15) is 0 Å². The number of carbonyl (C=O) groups excluding carboxylic acids is 1. The molecule has 1 aromatic heterocycles. The van der Waals surface area contributed by atoms with Gasteiger partial charge in [-0.05, 0) is 43.3 Å². The Hall–Kier alpha value is -2.80. The molecule has 2 aromatic rings. The molecule has 0 bridgehead atoms. The summed E-state index contributed by atoms with van der Waals surface area (Å²) in [4.78, 5) is 23.8. The number of rotatable bonds is 8. The highest BCUT2D eigenvalue weighted by molar-refractivity contribution is 5.91. The van der Waals surface area contributed by atoms with E-state index in [-0.39, 0.29) is 5.91 Å². The Morgan fingerprint density at radius 1 is 1.00 bits per heavy atom. The molecule has 2 heterocycles. The molecule has 31 heavy (non-hydrogen) atoms. The second-order valence-corrected chi connectivity index (χ2v) is 7.70. The molecule has 1 N–H and O–H groups in total. The van der Waals surface area contributed by atoms with Crippen LogP contribution < -0.4 is 5.32 Å². The molecular formula is C24H35N5O2. The summed E-state index contributed by atoms with van der Waals surface area (Å²) in [5.74, 6) is 1.26. The third-order valence-electron chi connectivity index (χ3n) is 5.67. The summed E-state index contributed by atoms with van der Waals surface area (Å²) in [7, 11) is 0. The van der Waals surface area contributed by atoms with Crippen LogP contribution in [0, 0.1) is 0 Å². The lowest BCUT2D eigenvalue weighted by Crippen LogP contribution is -2.53. The maximum absolute atomic E-state index is 12.5. The molecule has 0 spiro atoms. The summed E-state index contributed by atoms with van der Waals surface area (Å²) in [5.41, 5.74) is 2.53. The minimum absolute atomic E-state index is 0.0450. The van der Waals surface area contributed by atoms with Gasteiger partial charge in [-0.3, -0.25) is 9.69 Å². The van der Waals surface area contributed by atoms with Gasteiger partial charge in [0.2, 0.25) is 0 Å². The summed E-state index contributed by atoms with van der Waals surface area (Å²) in [5, 5.41) is 3.39. The zero-order valence-corrected chi connectivity index (χ0v) is 19.0. The number of piperazine rings is 1. The maximum Gasteiger partial charge on any atom is 0.289 e. The quantitative estimate of drug-likeness (QED) is 0.520. The van der Waals surface area contributed by atoms with E-state index in [1.54, 1.807) is 12.1 Å². The first-order valence-corrected chi connectivity index (χ1v) is 11.3. The first kappa shape index (κ1) is 22.9. The van der Waals surface area contributed by atoms with E-state index >= 15 is 0 Å². The SMILES string of the molecule is CCNC(=NCc1ccc(CN(CC)CC)cc1)N1CCN(C(=O)c2ccco2)CC1. The van der Waals surface area contributed by atoms with Crippen LogP contribution in [0.4, 0.5) is 0 Å². The van der Waals surface area contributed by atoms with Gasteiger partial charge in [0.15, 0.2) is 11.7 Å². The number of nitrogens with zero attached hydrogens (tertiary/aromatic N) is 4. The number of aliphatic imine (C=N–C) groups is 1. The second kappa shape index (κ2) is 11.6. The molecule has 168 valence electrons. The average Bonchev–Trinajstić information content (AvgIpc) is 3.36. The van der Waals surface area contributed by atoms with E-state index in [1.807, 2.05) is 4.90 Å². The molecule has 7 heteroatoms. The smallest absolute Gasteiger partial charge is 0.289 e. The number of carbonyl (C=O) groups is 1. The van der Waals surface area contributed by atoms with Gasteiger partial charge in [0.05, 0.1) is 12.8 Å². The van der Waals surface area contributed by atoms with E-state index < -0.39 is 0 Å². The van der Waals surface area contributed by atoms with Gasteiger partial charge < -0.3 is 19.5 Å². The zero-order chi connectivity index (χ0) is 22.1. The van der Waals surface area contributed by atoms with E-state index in [9.17, 15) is 4.79 Å². The van der Waals surface area contributed by atoms with Crippen molar-refractivity contribution in [2.75, 3.05) is 45.8 Å². The number of hydrogen-bond acceptors (Lipinski definition) is 4. The van der Waals surface area contributed by atoms with Crippen molar-refractivity contribution in [1.82, 2.24) is 20.0 Å². The van der Waals surface area contributed by atoms with E-state index in [0.717, 1.165) is 45.2 Å². The predicted molar refractivity (Wildman–Crippen MR) is 124 cm³/mol. The summed E-state index contributed by atoms with van der Waals surface area (Å²) < 4.78 is 5.25. The number of guanidine groups is 1. The van der Waals surface area contributed by atoms with Gasteiger partial charge in [-0.1, -0.05) is 38.1 Å². The lowest BCUT2D eigenvalue weighted by Gasteiger charge is -2.36. The second-order valence-electron chi connectivity index (χ2n) is 7.70. The molecule has 3 rings (SSSR count). The maximum atomic E-state index is 12.5. The molecular weight excluding hydrogens is 390 g/mol. The average molecular weight is 426 g/mol. The van der Waals surface area contributed by atoms with Crippen LogP contribution in [0.25, 0.3) is 0 Å². The molecule has 0 radical (unpaired) electrons. The van der Waals surface area contributed by atoms with Crippen molar-refractivity contribution in [2.45, 2.75) is 33.9 Å². The fourth-order valence-corrected chi connectivity index (χ4v) is 3.72. The van der Waals surface area contributed by atoms with Gasteiger partial charge in [-0.2, -0.15) is 0 Å². The van der Waals surface area contributed by atoms with Crippen molar-refractivity contribution in [3.63, 3.8) is 0 Å². The third kappa shape index (κ3) is 6.34. The number of furan rings is 1. The molecule has 1 aliphatic heterocycles. The third-order valence-corrected chi connectivity index (χ3v) is 5.67. The Labute approximate surface area is 185 Å². The Bertz CT molecular complexity index is 820. The highest BCUT2D eigenvalue weighted by Crippen LogP contribution is 2.11. The van der Waals surface area contributed by atoms with Crippen LogP contribution in [-0.2, 0) is 13.1 Å². The predicted octanol–water partition coefficient (Wildman–Crippen LogP) is 3.04. The monoisotopic (exact) mass is 425 g/mol. The molecule has 0 unspecified atom stereocenters. The van der Waals surface area contributed by atoms with Crippen LogP contribution in [0.5, 0.6) is 0 Å². The van der Waals surface area contributed by atoms with Crippen molar-refractivity contribution in [2.24, 2.45) is 4.99 Å². The minimum atomic E-state index is -0.0450. The molecule has 1 amide bonds. The summed E-state index contributed by atoms with van der Waals surface area (Å²) >= 11 is 0. The van der Waals surface area contributed by atoms with Crippen LogP contribution in [0.15, 0.2) is 52.1 Å². The van der Waals surface area contributed by atoms with Crippen molar-refractivity contribution in [3.05, 3.63) is 59.5 Å². The van der Waals surface area contributed by atoms with E-state index in [2.05, 4.69) is 60.2 Å². The highest BCUT2D eigenvalue weighted by atomic mass is 16.3. The lowest BCUT2D eigenvalue weighted by molar-refractivity contribution is 0.0657. The van der Waals surface area contributed by atoms with E-state index in [1.165, 1.54) is 17.4 Å². The van der Waals surface area contributed by atoms with Gasteiger partial charge in [-0.25, -0.2) is 4.99 Å². The molecule has 0 atom stereocenters. The fraction of sp³-hybridized carbons (Fsp3) is 0.500. The van der Waals surface area contributed by atoms with E-state index in [4.69, 9.17) is 9.41 Å². The first-order valence-electron chi connectivity index (χ1n) is 11.3. The summed E-state index contributed by atoms with van der Waals surface area (Å²) in [6.45, 7) is 13.9. The highest BCUT2D eigenvalue weighted by Gasteiger charge is 2.25. The van der Waals surface area contributed by atoms with Crippen molar-refractivity contribution in [1.29, 1.82) is 0 Å². The number of benzene rings is 1.